The SMILES string of the molecule is NCc1nnc(-c2ccc(Cl)cc2F)n1C1CC1. The van der Waals surface area contributed by atoms with Crippen LogP contribution in [0.3, 0.4) is 0 Å². The Bertz CT molecular complexity index is 592. The van der Waals surface area contributed by atoms with Crippen molar-refractivity contribution < 1.29 is 4.39 Å². The summed E-state index contributed by atoms with van der Waals surface area (Å²) in [5, 5.41) is 8.45. The zero-order valence-corrected chi connectivity index (χ0v) is 10.4. The molecule has 1 saturated carbocycles. The second-order valence-corrected chi connectivity index (χ2v) is 4.81. The minimum Gasteiger partial charge on any atom is -0.324 e. The second kappa shape index (κ2) is 4.33. The lowest BCUT2D eigenvalue weighted by Crippen LogP contribution is -2.08. The Morgan fingerprint density at radius 2 is 2.17 bits per heavy atom. The smallest absolute Gasteiger partial charge is 0.167 e. The first kappa shape index (κ1) is 11.6. The van der Waals surface area contributed by atoms with Gasteiger partial charge in [0.15, 0.2) is 5.82 Å². The predicted octanol–water partition coefficient (Wildman–Crippen LogP) is 2.53. The summed E-state index contributed by atoms with van der Waals surface area (Å²) < 4.78 is 15.9. The minimum absolute atomic E-state index is 0.304. The van der Waals surface area contributed by atoms with Gasteiger partial charge in [-0.3, -0.25) is 0 Å². The number of hydrogen-bond acceptors (Lipinski definition) is 3. The maximum absolute atomic E-state index is 13.9. The first-order chi connectivity index (χ1) is 8.70. The summed E-state index contributed by atoms with van der Waals surface area (Å²) >= 11 is 5.75. The van der Waals surface area contributed by atoms with E-state index in [-0.39, 0.29) is 5.82 Å². The average molecular weight is 267 g/mol. The van der Waals surface area contributed by atoms with Gasteiger partial charge in [-0.2, -0.15) is 0 Å². The fourth-order valence-corrected chi connectivity index (χ4v) is 2.19. The third-order valence-electron chi connectivity index (χ3n) is 3.03. The molecule has 0 amide bonds. The number of rotatable bonds is 3. The fourth-order valence-electron chi connectivity index (χ4n) is 2.03. The van der Waals surface area contributed by atoms with Gasteiger partial charge >= 0.3 is 0 Å². The zero-order valence-electron chi connectivity index (χ0n) is 9.61. The topological polar surface area (TPSA) is 56.7 Å². The molecule has 0 bridgehead atoms. The van der Waals surface area contributed by atoms with Crippen molar-refractivity contribution in [2.45, 2.75) is 25.4 Å². The third kappa shape index (κ3) is 1.89. The molecule has 0 saturated heterocycles. The number of benzene rings is 1. The molecule has 1 aromatic carbocycles. The van der Waals surface area contributed by atoms with Crippen LogP contribution in [0.15, 0.2) is 18.2 Å². The Morgan fingerprint density at radius 1 is 1.39 bits per heavy atom. The van der Waals surface area contributed by atoms with E-state index in [1.54, 1.807) is 12.1 Å². The summed E-state index contributed by atoms with van der Waals surface area (Å²) in [5.74, 6) is 0.842. The largest absolute Gasteiger partial charge is 0.324 e. The molecule has 4 nitrogen and oxygen atoms in total. The summed E-state index contributed by atoms with van der Waals surface area (Å²) in [6.07, 6.45) is 2.13. The number of hydrogen-bond donors (Lipinski definition) is 1. The summed E-state index contributed by atoms with van der Waals surface area (Å²) in [6.45, 7) is 0.304. The average Bonchev–Trinajstić information content (AvgIpc) is 3.09. The van der Waals surface area contributed by atoms with E-state index in [2.05, 4.69) is 10.2 Å². The third-order valence-corrected chi connectivity index (χ3v) is 3.27. The van der Waals surface area contributed by atoms with Crippen LogP contribution in [0.2, 0.25) is 5.02 Å². The van der Waals surface area contributed by atoms with E-state index in [0.29, 0.717) is 34.8 Å². The first-order valence-corrected chi connectivity index (χ1v) is 6.17. The molecule has 18 heavy (non-hydrogen) atoms. The number of nitrogens with zero attached hydrogens (tertiary/aromatic N) is 3. The molecule has 1 fully saturated rings. The number of nitrogens with two attached hydrogens (primary N) is 1. The molecular weight excluding hydrogens is 255 g/mol. The number of aromatic nitrogens is 3. The molecule has 0 spiro atoms. The minimum atomic E-state index is -0.389. The Morgan fingerprint density at radius 3 is 2.78 bits per heavy atom. The molecule has 1 aliphatic carbocycles. The van der Waals surface area contributed by atoms with E-state index in [4.69, 9.17) is 17.3 Å². The molecule has 0 atom stereocenters. The van der Waals surface area contributed by atoms with Gasteiger partial charge in [0.1, 0.15) is 11.6 Å². The molecule has 0 unspecified atom stereocenters. The lowest BCUT2D eigenvalue weighted by Gasteiger charge is -2.08. The van der Waals surface area contributed by atoms with Crippen molar-refractivity contribution in [1.82, 2.24) is 14.8 Å². The molecule has 0 aliphatic heterocycles. The van der Waals surface area contributed by atoms with Crippen LogP contribution >= 0.6 is 11.6 Å². The van der Waals surface area contributed by atoms with E-state index in [9.17, 15) is 4.39 Å². The Hall–Kier alpha value is -1.46. The molecule has 1 aliphatic rings. The standard InChI is InChI=1S/C12H12ClFN4/c13-7-1-4-9(10(14)5-7)12-17-16-11(6-15)18(12)8-2-3-8/h1,4-5,8H,2-3,6,15H2. The molecule has 1 heterocycles. The Labute approximate surface area is 109 Å². The highest BCUT2D eigenvalue weighted by Crippen LogP contribution is 2.39. The van der Waals surface area contributed by atoms with Gasteiger partial charge < -0.3 is 10.3 Å². The molecule has 6 heteroatoms. The maximum Gasteiger partial charge on any atom is 0.167 e. The summed E-state index contributed by atoms with van der Waals surface area (Å²) in [7, 11) is 0. The van der Waals surface area contributed by atoms with Crippen molar-refractivity contribution in [1.29, 1.82) is 0 Å². The van der Waals surface area contributed by atoms with Gasteiger partial charge in [-0.1, -0.05) is 11.6 Å². The van der Waals surface area contributed by atoms with Crippen LogP contribution in [-0.4, -0.2) is 14.8 Å². The van der Waals surface area contributed by atoms with Crippen molar-refractivity contribution >= 4 is 11.6 Å². The fraction of sp³-hybridized carbons (Fsp3) is 0.333. The van der Waals surface area contributed by atoms with E-state index in [1.165, 1.54) is 6.07 Å². The van der Waals surface area contributed by atoms with Crippen LogP contribution in [0.5, 0.6) is 0 Å². The zero-order chi connectivity index (χ0) is 12.7. The highest BCUT2D eigenvalue weighted by molar-refractivity contribution is 6.30. The van der Waals surface area contributed by atoms with E-state index in [1.807, 2.05) is 4.57 Å². The molecule has 94 valence electrons. The van der Waals surface area contributed by atoms with Crippen molar-refractivity contribution in [2.75, 3.05) is 0 Å². The highest BCUT2D eigenvalue weighted by atomic mass is 35.5. The Kier molecular flexibility index (Phi) is 2.80. The van der Waals surface area contributed by atoms with E-state index >= 15 is 0 Å². The molecular formula is C12H12ClFN4. The summed E-state index contributed by atoms with van der Waals surface area (Å²) in [6, 6.07) is 4.91. The maximum atomic E-state index is 13.9. The van der Waals surface area contributed by atoms with Crippen LogP contribution < -0.4 is 5.73 Å². The van der Waals surface area contributed by atoms with Gasteiger partial charge in [-0.05, 0) is 31.0 Å². The Balaban J connectivity index is 2.13. The van der Waals surface area contributed by atoms with Crippen LogP contribution in [-0.2, 0) is 6.54 Å². The monoisotopic (exact) mass is 266 g/mol. The van der Waals surface area contributed by atoms with Crippen molar-refractivity contribution in [3.63, 3.8) is 0 Å². The van der Waals surface area contributed by atoms with Gasteiger partial charge in [0, 0.05) is 11.1 Å². The van der Waals surface area contributed by atoms with Crippen molar-refractivity contribution in [3.8, 4) is 11.4 Å². The molecule has 1 aromatic heterocycles. The molecule has 3 rings (SSSR count). The highest BCUT2D eigenvalue weighted by Gasteiger charge is 2.30. The first-order valence-electron chi connectivity index (χ1n) is 5.80. The van der Waals surface area contributed by atoms with Gasteiger partial charge in [0.05, 0.1) is 12.1 Å². The van der Waals surface area contributed by atoms with Gasteiger partial charge in [0.2, 0.25) is 0 Å². The van der Waals surface area contributed by atoms with Gasteiger partial charge in [-0.25, -0.2) is 4.39 Å². The van der Waals surface area contributed by atoms with Crippen LogP contribution in [0, 0.1) is 5.82 Å². The van der Waals surface area contributed by atoms with Crippen LogP contribution in [0.4, 0.5) is 4.39 Å². The lowest BCUT2D eigenvalue weighted by atomic mass is 10.2. The summed E-state index contributed by atoms with van der Waals surface area (Å²) in [4.78, 5) is 0. The van der Waals surface area contributed by atoms with E-state index < -0.39 is 0 Å². The lowest BCUT2D eigenvalue weighted by molar-refractivity contribution is 0.624. The number of halogens is 2. The van der Waals surface area contributed by atoms with E-state index in [0.717, 1.165) is 12.8 Å². The predicted molar refractivity (Wildman–Crippen MR) is 66.6 cm³/mol. The normalized spacial score (nSPS) is 15.1. The van der Waals surface area contributed by atoms with Crippen molar-refractivity contribution in [2.24, 2.45) is 5.73 Å². The second-order valence-electron chi connectivity index (χ2n) is 4.37. The molecule has 2 N–H and O–H groups in total. The van der Waals surface area contributed by atoms with Crippen LogP contribution in [0.1, 0.15) is 24.7 Å². The van der Waals surface area contributed by atoms with Crippen LogP contribution in [0.25, 0.3) is 11.4 Å². The quantitative estimate of drug-likeness (QED) is 0.929. The van der Waals surface area contributed by atoms with Gasteiger partial charge in [0.25, 0.3) is 0 Å². The van der Waals surface area contributed by atoms with Crippen molar-refractivity contribution in [3.05, 3.63) is 34.9 Å². The molecule has 2 aromatic rings. The summed E-state index contributed by atoms with van der Waals surface area (Å²) in [5.41, 5.74) is 6.05. The molecule has 0 radical (unpaired) electrons. The van der Waals surface area contributed by atoms with Gasteiger partial charge in [-0.15, -0.1) is 10.2 Å².